The van der Waals surface area contributed by atoms with Crippen molar-refractivity contribution in [2.75, 3.05) is 0 Å². The fraction of sp³-hybridized carbons (Fsp3) is 0.917. The van der Waals surface area contributed by atoms with Gasteiger partial charge in [0.1, 0.15) is 5.78 Å². The predicted octanol–water partition coefficient (Wildman–Crippen LogP) is 4.21. The van der Waals surface area contributed by atoms with Crippen LogP contribution in [0.4, 0.5) is 0 Å². The van der Waals surface area contributed by atoms with Gasteiger partial charge in [0.25, 0.3) is 0 Å². The van der Waals surface area contributed by atoms with Crippen LogP contribution in [0.3, 0.4) is 0 Å². The number of carbonyl (C=O) groups is 1. The first-order valence-electron chi connectivity index (χ1n) is 5.62. The van der Waals surface area contributed by atoms with Gasteiger partial charge in [-0.1, -0.05) is 53.9 Å². The molecule has 0 spiro atoms. The van der Waals surface area contributed by atoms with Gasteiger partial charge in [-0.05, 0) is 6.42 Å². The molecule has 0 atom stereocenters. The molecule has 0 saturated heterocycles. The number of carbonyl (C=O) groups excluding carboxylic acids is 1. The normalized spacial score (nSPS) is 9.38. The Hall–Kier alpha value is -0.330. The Labute approximate surface area is 83.9 Å². The highest BCUT2D eigenvalue weighted by molar-refractivity contribution is 5.80. The Balaban J connectivity index is 0. The van der Waals surface area contributed by atoms with Crippen molar-refractivity contribution < 1.29 is 4.79 Å². The molecule has 0 radical (unpaired) electrons. The van der Waals surface area contributed by atoms with Gasteiger partial charge in [0.05, 0.1) is 0 Å². The molecule has 0 aromatic rings. The summed E-state index contributed by atoms with van der Waals surface area (Å²) >= 11 is 0. The van der Waals surface area contributed by atoms with E-state index in [2.05, 4.69) is 13.8 Å². The van der Waals surface area contributed by atoms with Crippen LogP contribution in [-0.2, 0) is 4.79 Å². The van der Waals surface area contributed by atoms with Crippen molar-refractivity contribution in [2.45, 2.75) is 66.7 Å². The molecule has 0 aromatic heterocycles. The summed E-state index contributed by atoms with van der Waals surface area (Å²) < 4.78 is 0. The lowest BCUT2D eigenvalue weighted by Gasteiger charge is -1.98. The molecule has 0 aromatic carbocycles. The third-order valence-electron chi connectivity index (χ3n) is 1.85. The molecule has 0 bridgehead atoms. The standard InChI is InChI=1S/C7H14O.C5H12/c1-4-5-7(8)6(2)3;1-3-5-4-2/h6H,4-5H2,1-3H3;3-5H2,1-2H3. The molecule has 80 valence electrons. The molecule has 1 nitrogen and oxygen atoms in total. The first-order chi connectivity index (χ1) is 6.09. The zero-order valence-corrected chi connectivity index (χ0v) is 10.0. The van der Waals surface area contributed by atoms with E-state index in [0.29, 0.717) is 5.78 Å². The Morgan fingerprint density at radius 2 is 1.46 bits per heavy atom. The van der Waals surface area contributed by atoms with Gasteiger partial charge in [-0.25, -0.2) is 0 Å². The molecule has 0 aliphatic rings. The van der Waals surface area contributed by atoms with Gasteiger partial charge in [-0.3, -0.25) is 4.79 Å². The smallest absolute Gasteiger partial charge is 0.135 e. The fourth-order valence-electron chi connectivity index (χ4n) is 0.889. The Morgan fingerprint density at radius 1 is 1.00 bits per heavy atom. The molecular formula is C12H26O. The van der Waals surface area contributed by atoms with Gasteiger partial charge < -0.3 is 0 Å². The quantitative estimate of drug-likeness (QED) is 0.628. The lowest BCUT2D eigenvalue weighted by Crippen LogP contribution is -2.04. The van der Waals surface area contributed by atoms with Crippen molar-refractivity contribution in [1.82, 2.24) is 0 Å². The molecule has 0 aliphatic heterocycles. The van der Waals surface area contributed by atoms with Crippen molar-refractivity contribution in [3.63, 3.8) is 0 Å². The highest BCUT2D eigenvalue weighted by atomic mass is 16.1. The predicted molar refractivity (Wildman–Crippen MR) is 60.0 cm³/mol. The van der Waals surface area contributed by atoms with E-state index < -0.39 is 0 Å². The number of hydrogen-bond donors (Lipinski definition) is 0. The lowest BCUT2D eigenvalue weighted by atomic mass is 10.1. The van der Waals surface area contributed by atoms with Crippen molar-refractivity contribution in [2.24, 2.45) is 5.92 Å². The summed E-state index contributed by atoms with van der Waals surface area (Å²) in [5.41, 5.74) is 0. The molecule has 0 aliphatic carbocycles. The van der Waals surface area contributed by atoms with E-state index in [4.69, 9.17) is 0 Å². The number of ketones is 1. The van der Waals surface area contributed by atoms with Crippen molar-refractivity contribution in [1.29, 1.82) is 0 Å². The van der Waals surface area contributed by atoms with Crippen molar-refractivity contribution in [3.05, 3.63) is 0 Å². The molecule has 0 fully saturated rings. The monoisotopic (exact) mass is 186 g/mol. The minimum absolute atomic E-state index is 0.231. The summed E-state index contributed by atoms with van der Waals surface area (Å²) in [6.07, 6.45) is 5.81. The molecule has 0 rings (SSSR count). The highest BCUT2D eigenvalue weighted by Gasteiger charge is 2.03. The third kappa shape index (κ3) is 14.5. The van der Waals surface area contributed by atoms with E-state index in [0.717, 1.165) is 12.8 Å². The van der Waals surface area contributed by atoms with E-state index >= 15 is 0 Å². The zero-order valence-electron chi connectivity index (χ0n) is 10.0. The van der Waals surface area contributed by atoms with Crippen LogP contribution < -0.4 is 0 Å². The Kier molecular flexibility index (Phi) is 13.6. The number of Topliss-reactive ketones (excluding diaryl/α,β-unsaturated/α-hetero) is 1. The van der Waals surface area contributed by atoms with E-state index in [1.165, 1.54) is 19.3 Å². The highest BCUT2D eigenvalue weighted by Crippen LogP contribution is 1.99. The minimum Gasteiger partial charge on any atom is -0.299 e. The molecule has 13 heavy (non-hydrogen) atoms. The van der Waals surface area contributed by atoms with Gasteiger partial charge in [0.2, 0.25) is 0 Å². The molecule has 0 saturated carbocycles. The van der Waals surface area contributed by atoms with Crippen LogP contribution >= 0.6 is 0 Å². The third-order valence-corrected chi connectivity index (χ3v) is 1.85. The van der Waals surface area contributed by atoms with Crippen LogP contribution in [0.5, 0.6) is 0 Å². The van der Waals surface area contributed by atoms with E-state index in [1.54, 1.807) is 0 Å². The van der Waals surface area contributed by atoms with Crippen LogP contribution in [-0.4, -0.2) is 5.78 Å². The van der Waals surface area contributed by atoms with E-state index in [1.807, 2.05) is 20.8 Å². The molecule has 0 unspecified atom stereocenters. The molecular weight excluding hydrogens is 160 g/mol. The topological polar surface area (TPSA) is 17.1 Å². The van der Waals surface area contributed by atoms with Crippen molar-refractivity contribution >= 4 is 5.78 Å². The number of rotatable bonds is 5. The van der Waals surface area contributed by atoms with Crippen LogP contribution in [0.15, 0.2) is 0 Å². The second-order valence-electron chi connectivity index (χ2n) is 3.72. The summed E-state index contributed by atoms with van der Waals surface area (Å²) in [5.74, 6) is 0.613. The van der Waals surface area contributed by atoms with Gasteiger partial charge in [-0.15, -0.1) is 0 Å². The van der Waals surface area contributed by atoms with Crippen LogP contribution in [0, 0.1) is 5.92 Å². The van der Waals surface area contributed by atoms with E-state index in [9.17, 15) is 4.79 Å². The van der Waals surface area contributed by atoms with Crippen LogP contribution in [0.1, 0.15) is 66.7 Å². The summed E-state index contributed by atoms with van der Waals surface area (Å²) in [5, 5.41) is 0. The van der Waals surface area contributed by atoms with Crippen molar-refractivity contribution in [3.8, 4) is 0 Å². The number of hydrogen-bond acceptors (Lipinski definition) is 1. The Morgan fingerprint density at radius 3 is 1.54 bits per heavy atom. The second kappa shape index (κ2) is 11.7. The fourth-order valence-corrected chi connectivity index (χ4v) is 0.889. The van der Waals surface area contributed by atoms with E-state index in [-0.39, 0.29) is 5.92 Å². The Bertz CT molecular complexity index is 104. The van der Waals surface area contributed by atoms with Gasteiger partial charge in [-0.2, -0.15) is 0 Å². The summed E-state index contributed by atoms with van der Waals surface area (Å²) in [6.45, 7) is 10.3. The molecule has 0 amide bonds. The molecule has 0 heterocycles. The second-order valence-corrected chi connectivity index (χ2v) is 3.72. The largest absolute Gasteiger partial charge is 0.299 e. The van der Waals surface area contributed by atoms with Crippen LogP contribution in [0.2, 0.25) is 0 Å². The average molecular weight is 186 g/mol. The van der Waals surface area contributed by atoms with Crippen LogP contribution in [0.25, 0.3) is 0 Å². The molecule has 0 N–H and O–H groups in total. The summed E-state index contributed by atoms with van der Waals surface area (Å²) in [7, 11) is 0. The first-order valence-corrected chi connectivity index (χ1v) is 5.62. The molecule has 1 heteroatoms. The van der Waals surface area contributed by atoms with Gasteiger partial charge >= 0.3 is 0 Å². The zero-order chi connectivity index (χ0) is 10.7. The minimum atomic E-state index is 0.231. The maximum atomic E-state index is 10.7. The average Bonchev–Trinajstić information content (AvgIpc) is 2.07. The maximum Gasteiger partial charge on any atom is 0.135 e. The lowest BCUT2D eigenvalue weighted by molar-refractivity contribution is -0.121. The van der Waals surface area contributed by atoms with Gasteiger partial charge in [0.15, 0.2) is 0 Å². The maximum absolute atomic E-state index is 10.7. The summed E-state index contributed by atoms with van der Waals surface area (Å²) in [6, 6.07) is 0. The SMILES string of the molecule is CCCC(=O)C(C)C.CCCCC. The summed E-state index contributed by atoms with van der Waals surface area (Å²) in [4.78, 5) is 10.7. The first kappa shape index (κ1) is 15.2. The van der Waals surface area contributed by atoms with Gasteiger partial charge in [0, 0.05) is 12.3 Å². The number of unbranched alkanes of at least 4 members (excludes halogenated alkanes) is 2.